The maximum absolute atomic E-state index is 13.2. The van der Waals surface area contributed by atoms with Crippen molar-refractivity contribution in [1.29, 1.82) is 0 Å². The Bertz CT molecular complexity index is 884. The summed E-state index contributed by atoms with van der Waals surface area (Å²) >= 11 is 0. The molecule has 7 nitrogen and oxygen atoms in total. The number of carbonyl (C=O) groups excluding carboxylic acids is 2. The Morgan fingerprint density at radius 3 is 2.50 bits per heavy atom. The first-order valence-corrected chi connectivity index (χ1v) is 9.92. The first-order chi connectivity index (χ1) is 14.5. The van der Waals surface area contributed by atoms with Crippen LogP contribution < -0.4 is 15.4 Å². The Balaban J connectivity index is 1.46. The molecule has 0 spiro atoms. The molecule has 0 unspecified atom stereocenters. The number of rotatable bonds is 7. The van der Waals surface area contributed by atoms with Crippen molar-refractivity contribution < 1.29 is 18.7 Å². The van der Waals surface area contributed by atoms with Gasteiger partial charge in [-0.05, 0) is 37.3 Å². The van der Waals surface area contributed by atoms with Crippen LogP contribution in [0.5, 0.6) is 5.75 Å². The fourth-order valence-corrected chi connectivity index (χ4v) is 3.43. The van der Waals surface area contributed by atoms with Crippen molar-refractivity contribution in [2.45, 2.75) is 13.0 Å². The van der Waals surface area contributed by atoms with Gasteiger partial charge >= 0.3 is 0 Å². The fourth-order valence-electron chi connectivity index (χ4n) is 3.43. The normalized spacial score (nSPS) is 16.0. The van der Waals surface area contributed by atoms with Crippen LogP contribution in [0.25, 0.3) is 0 Å². The predicted molar refractivity (Wildman–Crippen MR) is 114 cm³/mol. The molecule has 2 N–H and O–H groups in total. The predicted octanol–water partition coefficient (Wildman–Crippen LogP) is 2.42. The van der Waals surface area contributed by atoms with E-state index >= 15 is 0 Å². The number of carbonyl (C=O) groups is 2. The minimum Gasteiger partial charge on any atom is -0.495 e. The highest BCUT2D eigenvalue weighted by Crippen LogP contribution is 2.23. The lowest BCUT2D eigenvalue weighted by Gasteiger charge is -2.37. The summed E-state index contributed by atoms with van der Waals surface area (Å²) in [6.45, 7) is 4.79. The monoisotopic (exact) mass is 414 g/mol. The van der Waals surface area contributed by atoms with Gasteiger partial charge in [-0.3, -0.25) is 19.4 Å². The van der Waals surface area contributed by atoms with E-state index in [1.165, 1.54) is 12.1 Å². The van der Waals surface area contributed by atoms with Crippen LogP contribution >= 0.6 is 0 Å². The average molecular weight is 414 g/mol. The lowest BCUT2D eigenvalue weighted by Crippen LogP contribution is -2.53. The van der Waals surface area contributed by atoms with Gasteiger partial charge in [0.1, 0.15) is 11.6 Å². The molecule has 0 radical (unpaired) electrons. The maximum atomic E-state index is 13.2. The van der Waals surface area contributed by atoms with E-state index in [2.05, 4.69) is 15.5 Å². The number of benzene rings is 2. The zero-order chi connectivity index (χ0) is 21.5. The number of halogens is 1. The van der Waals surface area contributed by atoms with Crippen molar-refractivity contribution in [3.8, 4) is 5.75 Å². The molecule has 1 saturated heterocycles. The van der Waals surface area contributed by atoms with Crippen molar-refractivity contribution >= 4 is 23.2 Å². The molecule has 0 aromatic heterocycles. The number of anilines is 2. The van der Waals surface area contributed by atoms with E-state index in [1.807, 2.05) is 24.0 Å². The van der Waals surface area contributed by atoms with Gasteiger partial charge in [-0.2, -0.15) is 0 Å². The van der Waals surface area contributed by atoms with Gasteiger partial charge in [0, 0.05) is 31.9 Å². The van der Waals surface area contributed by atoms with Gasteiger partial charge in [-0.1, -0.05) is 18.2 Å². The smallest absolute Gasteiger partial charge is 0.241 e. The first kappa shape index (κ1) is 21.7. The SMILES string of the molecule is COc1ccccc1NC(=O)[C@H](C)N1CCN(CC(=O)Nc2cccc(F)c2)CC1. The summed E-state index contributed by atoms with van der Waals surface area (Å²) < 4.78 is 18.5. The standard InChI is InChI=1S/C22H27FN4O3/c1-16(22(29)25-19-8-3-4-9-20(19)30-2)27-12-10-26(11-13-27)15-21(28)24-18-7-5-6-17(23)14-18/h3-9,14,16H,10-13,15H2,1-2H3,(H,24,28)(H,25,29)/t16-/m0/s1. The molecule has 1 aliphatic heterocycles. The van der Waals surface area contributed by atoms with Gasteiger partial charge in [0.15, 0.2) is 0 Å². The van der Waals surface area contributed by atoms with E-state index in [0.29, 0.717) is 43.3 Å². The largest absolute Gasteiger partial charge is 0.495 e. The molecule has 0 saturated carbocycles. The number of nitrogens with one attached hydrogen (secondary N) is 2. The molecule has 1 atom stereocenters. The van der Waals surface area contributed by atoms with E-state index in [1.54, 1.807) is 31.4 Å². The summed E-state index contributed by atoms with van der Waals surface area (Å²) in [5.74, 6) is -0.0539. The molecule has 1 heterocycles. The zero-order valence-corrected chi connectivity index (χ0v) is 17.2. The lowest BCUT2D eigenvalue weighted by atomic mass is 10.2. The minimum atomic E-state index is -0.387. The molecule has 1 aliphatic rings. The molecule has 8 heteroatoms. The molecule has 30 heavy (non-hydrogen) atoms. The second-order valence-corrected chi connectivity index (χ2v) is 7.24. The third kappa shape index (κ3) is 5.77. The number of methoxy groups -OCH3 is 1. The molecule has 0 bridgehead atoms. The van der Waals surface area contributed by atoms with Crippen LogP contribution in [0.3, 0.4) is 0 Å². The molecule has 160 valence electrons. The van der Waals surface area contributed by atoms with Gasteiger partial charge in [-0.25, -0.2) is 4.39 Å². The summed E-state index contributed by atoms with van der Waals surface area (Å²) in [5, 5.41) is 5.63. The van der Waals surface area contributed by atoms with Crippen molar-refractivity contribution in [1.82, 2.24) is 9.80 Å². The summed E-state index contributed by atoms with van der Waals surface area (Å²) in [4.78, 5) is 29.0. The van der Waals surface area contributed by atoms with Gasteiger partial charge in [0.2, 0.25) is 11.8 Å². The minimum absolute atomic E-state index is 0.100. The third-order valence-corrected chi connectivity index (χ3v) is 5.17. The van der Waals surface area contributed by atoms with Crippen molar-refractivity contribution in [3.63, 3.8) is 0 Å². The van der Waals surface area contributed by atoms with Crippen molar-refractivity contribution in [2.75, 3.05) is 50.5 Å². The van der Waals surface area contributed by atoms with Crippen LogP contribution in [-0.4, -0.2) is 67.5 Å². The highest BCUT2D eigenvalue weighted by molar-refractivity contribution is 5.96. The van der Waals surface area contributed by atoms with E-state index in [9.17, 15) is 14.0 Å². The van der Waals surface area contributed by atoms with Crippen molar-refractivity contribution in [3.05, 3.63) is 54.3 Å². The Morgan fingerprint density at radius 2 is 1.80 bits per heavy atom. The van der Waals surface area contributed by atoms with Crippen molar-refractivity contribution in [2.24, 2.45) is 0 Å². The quantitative estimate of drug-likeness (QED) is 0.728. The van der Waals surface area contributed by atoms with Crippen LogP contribution in [0.4, 0.5) is 15.8 Å². The topological polar surface area (TPSA) is 73.9 Å². The lowest BCUT2D eigenvalue weighted by molar-refractivity contribution is -0.122. The van der Waals surface area contributed by atoms with E-state index in [0.717, 1.165) is 0 Å². The number of hydrogen-bond donors (Lipinski definition) is 2. The van der Waals surface area contributed by atoms with Gasteiger partial charge in [-0.15, -0.1) is 0 Å². The summed E-state index contributed by atoms with van der Waals surface area (Å²) in [6.07, 6.45) is 0. The molecular formula is C22H27FN4O3. The fraction of sp³-hybridized carbons (Fsp3) is 0.364. The third-order valence-electron chi connectivity index (χ3n) is 5.17. The summed E-state index contributed by atoms with van der Waals surface area (Å²) in [7, 11) is 1.57. The molecule has 1 fully saturated rings. The molecule has 0 aliphatic carbocycles. The number of para-hydroxylation sites is 2. The molecule has 2 aromatic carbocycles. The second-order valence-electron chi connectivity index (χ2n) is 7.24. The Kier molecular flexibility index (Phi) is 7.37. The van der Waals surface area contributed by atoms with Crippen LogP contribution in [0, 0.1) is 5.82 Å². The average Bonchev–Trinajstić information content (AvgIpc) is 2.74. The van der Waals surface area contributed by atoms with E-state index in [-0.39, 0.29) is 30.2 Å². The van der Waals surface area contributed by atoms with Gasteiger partial charge in [0.05, 0.1) is 25.4 Å². The summed E-state index contributed by atoms with van der Waals surface area (Å²) in [5.41, 5.74) is 1.09. The molecule has 3 rings (SSSR count). The van der Waals surface area contributed by atoms with Gasteiger partial charge < -0.3 is 15.4 Å². The molecule has 2 aromatic rings. The Hall–Kier alpha value is -2.97. The van der Waals surface area contributed by atoms with Crippen LogP contribution in [0.1, 0.15) is 6.92 Å². The zero-order valence-electron chi connectivity index (χ0n) is 17.2. The Morgan fingerprint density at radius 1 is 1.07 bits per heavy atom. The van der Waals surface area contributed by atoms with E-state index in [4.69, 9.17) is 4.74 Å². The summed E-state index contributed by atoms with van der Waals surface area (Å²) in [6, 6.07) is 12.8. The Labute approximate surface area is 175 Å². The molecular weight excluding hydrogens is 387 g/mol. The highest BCUT2D eigenvalue weighted by atomic mass is 19.1. The van der Waals surface area contributed by atoms with Crippen LogP contribution in [0.15, 0.2) is 48.5 Å². The number of ether oxygens (including phenoxy) is 1. The number of hydrogen-bond acceptors (Lipinski definition) is 5. The number of amides is 2. The number of nitrogens with zero attached hydrogens (tertiary/aromatic N) is 2. The van der Waals surface area contributed by atoms with Crippen LogP contribution in [0.2, 0.25) is 0 Å². The first-order valence-electron chi connectivity index (χ1n) is 9.92. The van der Waals surface area contributed by atoms with Gasteiger partial charge in [0.25, 0.3) is 0 Å². The van der Waals surface area contributed by atoms with E-state index < -0.39 is 0 Å². The highest BCUT2D eigenvalue weighted by Gasteiger charge is 2.26. The maximum Gasteiger partial charge on any atom is 0.241 e. The number of piperazine rings is 1. The second kappa shape index (κ2) is 10.2. The molecule has 2 amide bonds. The van der Waals surface area contributed by atoms with Crippen LogP contribution in [-0.2, 0) is 9.59 Å².